The molecule has 0 unspecified atom stereocenters. The minimum absolute atomic E-state index is 0.0137. The Hall–Kier alpha value is -1.88. The maximum atomic E-state index is 12.0. The SMILES string of the molecule is COCC(=O)N1CCc2ccc(NC(=O)CC(C)(C)C)cc21. The summed E-state index contributed by atoms with van der Waals surface area (Å²) in [6, 6.07) is 5.74. The number of hydrogen-bond donors (Lipinski definition) is 1. The third-order valence-electron chi connectivity index (χ3n) is 3.52. The van der Waals surface area contributed by atoms with Crippen molar-refractivity contribution < 1.29 is 14.3 Å². The first-order valence-corrected chi connectivity index (χ1v) is 7.52. The molecule has 0 radical (unpaired) electrons. The number of rotatable bonds is 4. The number of benzene rings is 1. The largest absolute Gasteiger partial charge is 0.375 e. The number of ether oxygens (including phenoxy) is 1. The lowest BCUT2D eigenvalue weighted by atomic mass is 9.92. The molecule has 22 heavy (non-hydrogen) atoms. The first kappa shape index (κ1) is 16.5. The molecule has 5 nitrogen and oxygen atoms in total. The molecule has 1 aromatic carbocycles. The van der Waals surface area contributed by atoms with Gasteiger partial charge in [-0.25, -0.2) is 0 Å². The van der Waals surface area contributed by atoms with E-state index in [-0.39, 0.29) is 23.8 Å². The first-order chi connectivity index (χ1) is 10.3. The molecule has 0 atom stereocenters. The van der Waals surface area contributed by atoms with Gasteiger partial charge in [-0.1, -0.05) is 26.8 Å². The summed E-state index contributed by atoms with van der Waals surface area (Å²) in [5, 5.41) is 2.91. The number of anilines is 2. The van der Waals surface area contributed by atoms with Crippen molar-refractivity contribution in [3.63, 3.8) is 0 Å². The highest BCUT2D eigenvalue weighted by molar-refractivity contribution is 5.98. The molecule has 0 fully saturated rings. The summed E-state index contributed by atoms with van der Waals surface area (Å²) in [6.07, 6.45) is 1.29. The number of nitrogens with one attached hydrogen (secondary N) is 1. The van der Waals surface area contributed by atoms with Crippen molar-refractivity contribution in [2.45, 2.75) is 33.6 Å². The van der Waals surface area contributed by atoms with Crippen molar-refractivity contribution in [1.82, 2.24) is 0 Å². The molecular formula is C17H24N2O3. The van der Waals surface area contributed by atoms with Gasteiger partial charge in [0, 0.05) is 31.5 Å². The van der Waals surface area contributed by atoms with Crippen molar-refractivity contribution in [3.8, 4) is 0 Å². The van der Waals surface area contributed by atoms with E-state index >= 15 is 0 Å². The third kappa shape index (κ3) is 4.07. The molecule has 0 aromatic heterocycles. The average molecular weight is 304 g/mol. The summed E-state index contributed by atoms with van der Waals surface area (Å²) in [6.45, 7) is 6.82. The van der Waals surface area contributed by atoms with Crippen LogP contribution in [-0.4, -0.2) is 32.1 Å². The molecule has 0 bridgehead atoms. The standard InChI is InChI=1S/C17H24N2O3/c1-17(2,3)10-15(20)18-13-6-5-12-7-8-19(14(12)9-13)16(21)11-22-4/h5-6,9H,7-8,10-11H2,1-4H3,(H,18,20). The fraction of sp³-hybridized carbons (Fsp3) is 0.529. The highest BCUT2D eigenvalue weighted by Crippen LogP contribution is 2.31. The minimum Gasteiger partial charge on any atom is -0.375 e. The van der Waals surface area contributed by atoms with E-state index in [4.69, 9.17) is 4.74 Å². The van der Waals surface area contributed by atoms with E-state index in [0.717, 1.165) is 23.4 Å². The Morgan fingerprint density at radius 3 is 2.68 bits per heavy atom. The number of amides is 2. The lowest BCUT2D eigenvalue weighted by Crippen LogP contribution is -2.32. The molecule has 120 valence electrons. The Bertz CT molecular complexity index is 576. The van der Waals surface area contributed by atoms with Gasteiger partial charge in [0.25, 0.3) is 5.91 Å². The zero-order valence-electron chi connectivity index (χ0n) is 13.7. The van der Waals surface area contributed by atoms with E-state index in [0.29, 0.717) is 13.0 Å². The van der Waals surface area contributed by atoms with Crippen molar-refractivity contribution in [2.75, 3.05) is 30.5 Å². The number of nitrogens with zero attached hydrogens (tertiary/aromatic N) is 1. The lowest BCUT2D eigenvalue weighted by Gasteiger charge is -2.19. The highest BCUT2D eigenvalue weighted by Gasteiger charge is 2.25. The quantitative estimate of drug-likeness (QED) is 0.930. The van der Waals surface area contributed by atoms with Gasteiger partial charge >= 0.3 is 0 Å². The van der Waals surface area contributed by atoms with E-state index in [1.165, 1.54) is 7.11 Å². The summed E-state index contributed by atoms with van der Waals surface area (Å²) >= 11 is 0. The second kappa shape index (κ2) is 6.48. The van der Waals surface area contributed by atoms with E-state index in [1.807, 2.05) is 39.0 Å². The molecule has 5 heteroatoms. The molecular weight excluding hydrogens is 280 g/mol. The molecule has 2 amide bonds. The Morgan fingerprint density at radius 1 is 1.32 bits per heavy atom. The van der Waals surface area contributed by atoms with Crippen LogP contribution in [0.2, 0.25) is 0 Å². The van der Waals surface area contributed by atoms with Crippen LogP contribution in [0, 0.1) is 5.41 Å². The number of methoxy groups -OCH3 is 1. The van der Waals surface area contributed by atoms with Crippen LogP contribution in [0.5, 0.6) is 0 Å². The van der Waals surface area contributed by atoms with Gasteiger partial charge in [-0.3, -0.25) is 9.59 Å². The van der Waals surface area contributed by atoms with Crippen LogP contribution in [0.15, 0.2) is 18.2 Å². The van der Waals surface area contributed by atoms with Gasteiger partial charge in [0.05, 0.1) is 0 Å². The highest BCUT2D eigenvalue weighted by atomic mass is 16.5. The molecule has 0 aliphatic carbocycles. The third-order valence-corrected chi connectivity index (χ3v) is 3.52. The molecule has 1 N–H and O–H groups in total. The van der Waals surface area contributed by atoms with Crippen molar-refractivity contribution in [3.05, 3.63) is 23.8 Å². The van der Waals surface area contributed by atoms with E-state index < -0.39 is 0 Å². The Morgan fingerprint density at radius 2 is 2.05 bits per heavy atom. The molecule has 0 saturated carbocycles. The van der Waals surface area contributed by atoms with Crippen LogP contribution in [0.1, 0.15) is 32.8 Å². The summed E-state index contributed by atoms with van der Waals surface area (Å²) in [5.74, 6) is -0.0698. The fourth-order valence-electron chi connectivity index (χ4n) is 2.60. The zero-order valence-corrected chi connectivity index (χ0v) is 13.7. The molecule has 0 spiro atoms. The van der Waals surface area contributed by atoms with Crippen LogP contribution in [0.25, 0.3) is 0 Å². The monoisotopic (exact) mass is 304 g/mol. The van der Waals surface area contributed by atoms with Gasteiger partial charge in [0.15, 0.2) is 0 Å². The van der Waals surface area contributed by atoms with E-state index in [2.05, 4.69) is 5.32 Å². The number of hydrogen-bond acceptors (Lipinski definition) is 3. The molecule has 1 aliphatic heterocycles. The normalized spacial score (nSPS) is 13.9. The van der Waals surface area contributed by atoms with E-state index in [9.17, 15) is 9.59 Å². The van der Waals surface area contributed by atoms with Gasteiger partial charge in [0.2, 0.25) is 5.91 Å². The van der Waals surface area contributed by atoms with Gasteiger partial charge in [-0.2, -0.15) is 0 Å². The molecule has 2 rings (SSSR count). The van der Waals surface area contributed by atoms with Crippen molar-refractivity contribution in [2.24, 2.45) is 5.41 Å². The number of carbonyl (C=O) groups is 2. The Kier molecular flexibility index (Phi) is 4.86. The van der Waals surface area contributed by atoms with Crippen LogP contribution >= 0.6 is 0 Å². The average Bonchev–Trinajstić information content (AvgIpc) is 2.79. The first-order valence-electron chi connectivity index (χ1n) is 7.52. The molecule has 0 saturated heterocycles. The molecule has 1 aromatic rings. The van der Waals surface area contributed by atoms with E-state index in [1.54, 1.807) is 4.90 Å². The topological polar surface area (TPSA) is 58.6 Å². The van der Waals surface area contributed by atoms with Crippen LogP contribution in [-0.2, 0) is 20.7 Å². The summed E-state index contributed by atoms with van der Waals surface area (Å²) in [5.41, 5.74) is 2.67. The lowest BCUT2D eigenvalue weighted by molar-refractivity contribution is -0.122. The van der Waals surface area contributed by atoms with Gasteiger partial charge in [0.1, 0.15) is 6.61 Å². The van der Waals surface area contributed by atoms with Crippen LogP contribution in [0.3, 0.4) is 0 Å². The maximum absolute atomic E-state index is 12.0. The summed E-state index contributed by atoms with van der Waals surface area (Å²) in [7, 11) is 1.51. The Balaban J connectivity index is 2.12. The van der Waals surface area contributed by atoms with Gasteiger partial charge in [-0.15, -0.1) is 0 Å². The number of carbonyl (C=O) groups excluding carboxylic acids is 2. The predicted molar refractivity (Wildman–Crippen MR) is 87.1 cm³/mol. The van der Waals surface area contributed by atoms with Crippen LogP contribution in [0.4, 0.5) is 11.4 Å². The second-order valence-electron chi connectivity index (χ2n) is 6.86. The van der Waals surface area contributed by atoms with Crippen molar-refractivity contribution in [1.29, 1.82) is 0 Å². The minimum atomic E-state index is -0.0561. The molecule has 1 aliphatic rings. The fourth-order valence-corrected chi connectivity index (χ4v) is 2.60. The smallest absolute Gasteiger partial charge is 0.252 e. The van der Waals surface area contributed by atoms with Crippen molar-refractivity contribution >= 4 is 23.2 Å². The number of fused-ring (bicyclic) bond motifs is 1. The zero-order chi connectivity index (χ0) is 16.3. The summed E-state index contributed by atoms with van der Waals surface area (Å²) < 4.78 is 4.92. The molecule has 1 heterocycles. The predicted octanol–water partition coefficient (Wildman–Crippen LogP) is 2.60. The second-order valence-corrected chi connectivity index (χ2v) is 6.86. The maximum Gasteiger partial charge on any atom is 0.252 e. The Labute approximate surface area is 131 Å². The van der Waals surface area contributed by atoms with Gasteiger partial charge in [-0.05, 0) is 29.5 Å². The van der Waals surface area contributed by atoms with Crippen LogP contribution < -0.4 is 10.2 Å². The van der Waals surface area contributed by atoms with Gasteiger partial charge < -0.3 is 15.0 Å². The summed E-state index contributed by atoms with van der Waals surface area (Å²) in [4.78, 5) is 25.8.